The highest BCUT2D eigenvalue weighted by Gasteiger charge is 2.15. The third-order valence-corrected chi connectivity index (χ3v) is 3.86. The summed E-state index contributed by atoms with van der Waals surface area (Å²) in [6.07, 6.45) is 0.796. The van der Waals surface area contributed by atoms with Crippen LogP contribution in [0, 0.1) is 0 Å². The first-order valence-corrected chi connectivity index (χ1v) is 7.38. The zero-order valence-corrected chi connectivity index (χ0v) is 12.7. The Bertz CT molecular complexity index is 811. The van der Waals surface area contributed by atoms with Crippen molar-refractivity contribution in [2.24, 2.45) is 0 Å². The first-order valence-electron chi connectivity index (χ1n) is 6.58. The molecule has 0 aliphatic heterocycles. The second kappa shape index (κ2) is 5.69. The van der Waals surface area contributed by atoms with E-state index in [1.54, 1.807) is 10.7 Å². The predicted octanol–water partition coefficient (Wildman–Crippen LogP) is 3.74. The van der Waals surface area contributed by atoms with Crippen molar-refractivity contribution in [3.05, 3.63) is 64.3 Å². The molecule has 3 rings (SSSR count). The molecule has 2 aromatic carbocycles. The fourth-order valence-electron chi connectivity index (χ4n) is 2.38. The van der Waals surface area contributed by atoms with Gasteiger partial charge in [-0.3, -0.25) is 4.68 Å². The molecule has 0 spiro atoms. The van der Waals surface area contributed by atoms with Gasteiger partial charge in [0.2, 0.25) is 0 Å². The summed E-state index contributed by atoms with van der Waals surface area (Å²) in [5.74, 6) is -0.993. The van der Waals surface area contributed by atoms with Crippen molar-refractivity contribution in [2.45, 2.75) is 13.0 Å². The molecule has 0 aliphatic carbocycles. The number of hydrogen-bond donors (Lipinski definition) is 1. The van der Waals surface area contributed by atoms with Gasteiger partial charge in [-0.15, -0.1) is 0 Å². The van der Waals surface area contributed by atoms with Crippen molar-refractivity contribution < 1.29 is 9.90 Å². The summed E-state index contributed by atoms with van der Waals surface area (Å²) >= 11 is 3.45. The second-order valence-electron chi connectivity index (χ2n) is 4.77. The summed E-state index contributed by atoms with van der Waals surface area (Å²) in [5, 5.41) is 14.1. The number of aromatic carboxylic acids is 1. The average Bonchev–Trinajstić information content (AvgIpc) is 2.84. The van der Waals surface area contributed by atoms with E-state index < -0.39 is 5.97 Å². The van der Waals surface area contributed by atoms with Crippen molar-refractivity contribution in [1.29, 1.82) is 0 Å². The molecular formula is C16H13BrN2O2. The molecule has 0 amide bonds. The van der Waals surface area contributed by atoms with Gasteiger partial charge in [-0.2, -0.15) is 5.10 Å². The Labute approximate surface area is 130 Å². The molecule has 21 heavy (non-hydrogen) atoms. The van der Waals surface area contributed by atoms with E-state index in [4.69, 9.17) is 0 Å². The van der Waals surface area contributed by atoms with Gasteiger partial charge < -0.3 is 5.11 Å². The molecule has 106 valence electrons. The minimum absolute atomic E-state index is 0.111. The summed E-state index contributed by atoms with van der Waals surface area (Å²) in [4.78, 5) is 11.3. The summed E-state index contributed by atoms with van der Waals surface area (Å²) < 4.78 is 2.80. The minimum Gasteiger partial charge on any atom is -0.476 e. The molecule has 0 bridgehead atoms. The molecule has 4 nitrogen and oxygen atoms in total. The van der Waals surface area contributed by atoms with Crippen molar-refractivity contribution >= 4 is 32.8 Å². The Morgan fingerprint density at radius 3 is 2.76 bits per heavy atom. The predicted molar refractivity (Wildman–Crippen MR) is 84.5 cm³/mol. The van der Waals surface area contributed by atoms with Gasteiger partial charge in [0.15, 0.2) is 5.69 Å². The maximum absolute atomic E-state index is 11.3. The lowest BCUT2D eigenvalue weighted by molar-refractivity contribution is 0.0691. The standard InChI is InChI=1S/C16H13BrN2O2/c17-12-5-3-4-11(10-12)8-9-19-14-7-2-1-6-13(14)15(18-19)16(20)21/h1-7,10H,8-9H2,(H,20,21). The third-order valence-electron chi connectivity index (χ3n) is 3.36. The number of aryl methyl sites for hydroxylation is 2. The maximum atomic E-state index is 11.3. The summed E-state index contributed by atoms with van der Waals surface area (Å²) in [5.41, 5.74) is 2.14. The largest absolute Gasteiger partial charge is 0.476 e. The molecule has 0 aliphatic rings. The van der Waals surface area contributed by atoms with Gasteiger partial charge in [0.1, 0.15) is 0 Å². The van der Waals surface area contributed by atoms with Crippen LogP contribution in [0.1, 0.15) is 16.1 Å². The second-order valence-corrected chi connectivity index (χ2v) is 5.69. The van der Waals surface area contributed by atoms with Gasteiger partial charge in [-0.25, -0.2) is 4.79 Å². The van der Waals surface area contributed by atoms with Crippen molar-refractivity contribution in [2.75, 3.05) is 0 Å². The highest BCUT2D eigenvalue weighted by atomic mass is 79.9. The van der Waals surface area contributed by atoms with Crippen LogP contribution >= 0.6 is 15.9 Å². The summed E-state index contributed by atoms with van der Waals surface area (Å²) in [6.45, 7) is 0.643. The van der Waals surface area contributed by atoms with E-state index in [0.29, 0.717) is 11.9 Å². The van der Waals surface area contributed by atoms with Crippen LogP contribution in [-0.2, 0) is 13.0 Å². The molecule has 5 heteroatoms. The van der Waals surface area contributed by atoms with E-state index in [0.717, 1.165) is 16.4 Å². The summed E-state index contributed by atoms with van der Waals surface area (Å²) in [6, 6.07) is 15.5. The van der Waals surface area contributed by atoms with E-state index in [-0.39, 0.29) is 5.69 Å². The number of carbonyl (C=O) groups is 1. The fourth-order valence-corrected chi connectivity index (χ4v) is 2.83. The van der Waals surface area contributed by atoms with Crippen molar-refractivity contribution in [3.8, 4) is 0 Å². The Balaban J connectivity index is 1.92. The summed E-state index contributed by atoms with van der Waals surface area (Å²) in [7, 11) is 0. The van der Waals surface area contributed by atoms with Crippen molar-refractivity contribution in [1.82, 2.24) is 9.78 Å². The molecule has 0 saturated heterocycles. The number of aromatic nitrogens is 2. The molecule has 1 heterocycles. The molecule has 0 radical (unpaired) electrons. The van der Waals surface area contributed by atoms with Crippen LogP contribution in [0.3, 0.4) is 0 Å². The average molecular weight is 345 g/mol. The molecule has 1 aromatic heterocycles. The van der Waals surface area contributed by atoms with E-state index >= 15 is 0 Å². The first kappa shape index (κ1) is 13.8. The van der Waals surface area contributed by atoms with Gasteiger partial charge in [0.05, 0.1) is 5.52 Å². The van der Waals surface area contributed by atoms with E-state index in [1.165, 1.54) is 5.56 Å². The molecule has 0 fully saturated rings. The zero-order chi connectivity index (χ0) is 14.8. The van der Waals surface area contributed by atoms with Gasteiger partial charge in [-0.1, -0.05) is 46.3 Å². The molecule has 1 N–H and O–H groups in total. The van der Waals surface area contributed by atoms with Gasteiger partial charge in [-0.05, 0) is 30.2 Å². The normalized spacial score (nSPS) is 10.9. The minimum atomic E-state index is -0.993. The highest BCUT2D eigenvalue weighted by Crippen LogP contribution is 2.19. The number of benzene rings is 2. The highest BCUT2D eigenvalue weighted by molar-refractivity contribution is 9.10. The van der Waals surface area contributed by atoms with Gasteiger partial charge in [0.25, 0.3) is 0 Å². The molecule has 0 atom stereocenters. The number of fused-ring (bicyclic) bond motifs is 1. The lowest BCUT2D eigenvalue weighted by Gasteiger charge is -2.04. The van der Waals surface area contributed by atoms with E-state index in [9.17, 15) is 9.90 Å². The SMILES string of the molecule is O=C(O)c1nn(CCc2cccc(Br)c2)c2ccccc12. The Morgan fingerprint density at radius 1 is 1.19 bits per heavy atom. The Hall–Kier alpha value is -2.14. The first-order chi connectivity index (χ1) is 10.1. The van der Waals surface area contributed by atoms with Crippen LogP contribution in [0.2, 0.25) is 0 Å². The number of hydrogen-bond acceptors (Lipinski definition) is 2. The molecular weight excluding hydrogens is 332 g/mol. The van der Waals surface area contributed by atoms with E-state index in [1.807, 2.05) is 30.3 Å². The van der Waals surface area contributed by atoms with Crippen LogP contribution in [-0.4, -0.2) is 20.9 Å². The van der Waals surface area contributed by atoms with Crippen LogP contribution < -0.4 is 0 Å². The number of para-hydroxylation sites is 1. The molecule has 0 saturated carbocycles. The van der Waals surface area contributed by atoms with Crippen LogP contribution in [0.4, 0.5) is 0 Å². The molecule has 0 unspecified atom stereocenters. The van der Waals surface area contributed by atoms with Crippen molar-refractivity contribution in [3.63, 3.8) is 0 Å². The van der Waals surface area contributed by atoms with Crippen LogP contribution in [0.15, 0.2) is 53.0 Å². The number of nitrogens with zero attached hydrogens (tertiary/aromatic N) is 2. The van der Waals surface area contributed by atoms with Crippen LogP contribution in [0.25, 0.3) is 10.9 Å². The monoisotopic (exact) mass is 344 g/mol. The lowest BCUT2D eigenvalue weighted by Crippen LogP contribution is -2.05. The van der Waals surface area contributed by atoms with Crippen LogP contribution in [0.5, 0.6) is 0 Å². The maximum Gasteiger partial charge on any atom is 0.357 e. The Morgan fingerprint density at radius 2 is 2.00 bits per heavy atom. The Kier molecular flexibility index (Phi) is 3.75. The number of halogens is 1. The topological polar surface area (TPSA) is 55.1 Å². The number of carboxylic acid groups (broad SMARTS) is 1. The van der Waals surface area contributed by atoms with Gasteiger partial charge >= 0.3 is 5.97 Å². The zero-order valence-electron chi connectivity index (χ0n) is 11.2. The smallest absolute Gasteiger partial charge is 0.357 e. The lowest BCUT2D eigenvalue weighted by atomic mass is 10.1. The third kappa shape index (κ3) is 2.83. The quantitative estimate of drug-likeness (QED) is 0.784. The number of carboxylic acids is 1. The van der Waals surface area contributed by atoms with Gasteiger partial charge in [0, 0.05) is 16.4 Å². The fraction of sp³-hybridized carbons (Fsp3) is 0.125. The molecule has 3 aromatic rings. The number of rotatable bonds is 4. The van der Waals surface area contributed by atoms with E-state index in [2.05, 4.69) is 33.2 Å².